The first-order valence-electron chi connectivity index (χ1n) is 9.30. The lowest BCUT2D eigenvalue weighted by molar-refractivity contribution is -0.387. The van der Waals surface area contributed by atoms with Gasteiger partial charge in [-0.05, 0) is 43.2 Å². The normalized spacial score (nSPS) is 29.3. The second-order valence-corrected chi connectivity index (χ2v) is 9.93. The number of hydrogen-bond acceptors (Lipinski definition) is 6. The van der Waals surface area contributed by atoms with Crippen molar-refractivity contribution in [3.05, 3.63) is 28.3 Å². The smallest absolute Gasteiger partial charge is 0.288 e. The maximum Gasteiger partial charge on any atom is 0.288 e. The summed E-state index contributed by atoms with van der Waals surface area (Å²) in [5.74, 6) is 1.79. The van der Waals surface area contributed by atoms with E-state index in [0.29, 0.717) is 0 Å². The summed E-state index contributed by atoms with van der Waals surface area (Å²) >= 11 is 0. The van der Waals surface area contributed by atoms with Crippen LogP contribution in [-0.2, 0) is 9.84 Å². The van der Waals surface area contributed by atoms with Crippen LogP contribution in [0.2, 0.25) is 0 Å². The fourth-order valence-corrected chi connectivity index (χ4v) is 5.97. The first kappa shape index (κ1) is 17.7. The van der Waals surface area contributed by atoms with Gasteiger partial charge in [-0.3, -0.25) is 15.0 Å². The van der Waals surface area contributed by atoms with Gasteiger partial charge in [-0.2, -0.15) is 0 Å². The molecule has 4 rings (SSSR count). The molecule has 2 aliphatic carbocycles. The molecule has 142 valence electrons. The van der Waals surface area contributed by atoms with Gasteiger partial charge in [0.15, 0.2) is 9.84 Å². The molecule has 7 nitrogen and oxygen atoms in total. The van der Waals surface area contributed by atoms with E-state index in [1.807, 2.05) is 0 Å². The van der Waals surface area contributed by atoms with Crippen molar-refractivity contribution in [1.29, 1.82) is 0 Å². The largest absolute Gasteiger partial charge is 0.369 e. The topological polar surface area (TPSA) is 83.8 Å². The molecule has 0 radical (unpaired) electrons. The summed E-state index contributed by atoms with van der Waals surface area (Å²) < 4.78 is 23.9. The van der Waals surface area contributed by atoms with E-state index in [2.05, 4.69) is 9.80 Å². The molecule has 1 heterocycles. The number of benzene rings is 1. The van der Waals surface area contributed by atoms with Gasteiger partial charge in [-0.15, -0.1) is 0 Å². The average molecular weight is 379 g/mol. The molecule has 0 aromatic heterocycles. The van der Waals surface area contributed by atoms with Gasteiger partial charge in [-0.1, -0.05) is 6.42 Å². The Hall–Kier alpha value is -1.67. The Morgan fingerprint density at radius 2 is 1.85 bits per heavy atom. The van der Waals surface area contributed by atoms with E-state index in [0.717, 1.165) is 56.0 Å². The summed E-state index contributed by atoms with van der Waals surface area (Å²) in [6.07, 6.45) is 6.52. The Kier molecular flexibility index (Phi) is 4.43. The second-order valence-electron chi connectivity index (χ2n) is 7.95. The van der Waals surface area contributed by atoms with E-state index in [1.54, 1.807) is 6.07 Å². The highest BCUT2D eigenvalue weighted by atomic mass is 32.2. The molecular formula is C18H25N3O4S. The average Bonchev–Trinajstić information content (AvgIpc) is 3.24. The summed E-state index contributed by atoms with van der Waals surface area (Å²) in [5.41, 5.74) is 0.403. The monoisotopic (exact) mass is 379 g/mol. The summed E-state index contributed by atoms with van der Waals surface area (Å²) in [6.45, 7) is 3.60. The molecule has 1 aromatic carbocycles. The number of fused-ring (bicyclic) bond motifs is 2. The van der Waals surface area contributed by atoms with Gasteiger partial charge in [-0.25, -0.2) is 8.42 Å². The van der Waals surface area contributed by atoms with Gasteiger partial charge in [0, 0.05) is 50.2 Å². The molecule has 3 aliphatic rings. The third-order valence-electron chi connectivity index (χ3n) is 6.39. The van der Waals surface area contributed by atoms with Crippen LogP contribution in [0.5, 0.6) is 0 Å². The van der Waals surface area contributed by atoms with Crippen molar-refractivity contribution in [3.8, 4) is 0 Å². The van der Waals surface area contributed by atoms with E-state index in [4.69, 9.17) is 0 Å². The number of sulfone groups is 1. The maximum absolute atomic E-state index is 12.0. The highest BCUT2D eigenvalue weighted by Gasteiger charge is 2.42. The fourth-order valence-electron chi connectivity index (χ4n) is 5.12. The van der Waals surface area contributed by atoms with Gasteiger partial charge in [0.25, 0.3) is 5.69 Å². The fraction of sp³-hybridized carbons (Fsp3) is 0.667. The molecule has 3 unspecified atom stereocenters. The number of piperazine rings is 1. The third kappa shape index (κ3) is 3.20. The van der Waals surface area contributed by atoms with Gasteiger partial charge < -0.3 is 4.90 Å². The van der Waals surface area contributed by atoms with Crippen LogP contribution >= 0.6 is 0 Å². The van der Waals surface area contributed by atoms with Crippen molar-refractivity contribution in [2.75, 3.05) is 37.3 Å². The Balaban J connectivity index is 1.48. The van der Waals surface area contributed by atoms with Crippen LogP contribution in [0.1, 0.15) is 25.7 Å². The van der Waals surface area contributed by atoms with Crippen LogP contribution in [0.15, 0.2) is 23.1 Å². The van der Waals surface area contributed by atoms with Crippen LogP contribution in [-0.4, -0.2) is 56.7 Å². The minimum absolute atomic E-state index is 0.199. The van der Waals surface area contributed by atoms with E-state index in [9.17, 15) is 18.5 Å². The lowest BCUT2D eigenvalue weighted by atomic mass is 9.93. The van der Waals surface area contributed by atoms with Crippen molar-refractivity contribution in [3.63, 3.8) is 0 Å². The third-order valence-corrected chi connectivity index (χ3v) is 7.51. The minimum atomic E-state index is -3.65. The van der Waals surface area contributed by atoms with Crippen molar-refractivity contribution < 1.29 is 13.3 Å². The molecule has 0 N–H and O–H groups in total. The molecule has 0 spiro atoms. The van der Waals surface area contributed by atoms with Crippen LogP contribution in [0.3, 0.4) is 0 Å². The molecule has 1 aliphatic heterocycles. The Morgan fingerprint density at radius 3 is 2.38 bits per heavy atom. The summed E-state index contributed by atoms with van der Waals surface area (Å²) in [5, 5.41) is 11.1. The molecule has 3 fully saturated rings. The summed E-state index contributed by atoms with van der Waals surface area (Å²) in [7, 11) is -3.65. The molecule has 2 saturated carbocycles. The predicted octanol–water partition coefficient (Wildman–Crippen LogP) is 2.31. The molecule has 2 bridgehead atoms. The highest BCUT2D eigenvalue weighted by Crippen LogP contribution is 2.46. The molecule has 3 atom stereocenters. The van der Waals surface area contributed by atoms with Crippen molar-refractivity contribution >= 4 is 21.2 Å². The maximum atomic E-state index is 12.0. The number of rotatable bonds is 4. The molecule has 0 amide bonds. The first-order valence-corrected chi connectivity index (χ1v) is 11.2. The van der Waals surface area contributed by atoms with Crippen LogP contribution < -0.4 is 4.90 Å². The SMILES string of the molecule is CS(=O)(=O)c1cc(N2CCN(C3CC4CCC3C4)CC2)ccc1[N+](=O)[O-]. The number of nitro groups is 1. The minimum Gasteiger partial charge on any atom is -0.369 e. The Labute approximate surface area is 154 Å². The lowest BCUT2D eigenvalue weighted by Crippen LogP contribution is -2.51. The first-order chi connectivity index (χ1) is 12.3. The van der Waals surface area contributed by atoms with Crippen molar-refractivity contribution in [2.24, 2.45) is 11.8 Å². The van der Waals surface area contributed by atoms with Crippen LogP contribution in [0, 0.1) is 22.0 Å². The number of nitro benzene ring substituents is 1. The van der Waals surface area contributed by atoms with Crippen molar-refractivity contribution in [1.82, 2.24) is 4.90 Å². The number of nitrogens with zero attached hydrogens (tertiary/aromatic N) is 3. The molecule has 1 aromatic rings. The predicted molar refractivity (Wildman–Crippen MR) is 99.2 cm³/mol. The van der Waals surface area contributed by atoms with E-state index in [-0.39, 0.29) is 10.6 Å². The molecular weight excluding hydrogens is 354 g/mol. The van der Waals surface area contributed by atoms with Gasteiger partial charge in [0.2, 0.25) is 0 Å². The van der Waals surface area contributed by atoms with E-state index in [1.165, 1.54) is 37.8 Å². The second kappa shape index (κ2) is 6.49. The van der Waals surface area contributed by atoms with E-state index >= 15 is 0 Å². The number of hydrogen-bond donors (Lipinski definition) is 0. The highest BCUT2D eigenvalue weighted by molar-refractivity contribution is 7.90. The Morgan fingerprint density at radius 1 is 1.12 bits per heavy atom. The standard InChI is InChI=1S/C18H25N3O4S/c1-26(24,25)18-12-15(4-5-16(18)21(22)23)19-6-8-20(9-7-19)17-11-13-2-3-14(17)10-13/h4-5,12-14,17H,2-3,6-11H2,1H3. The van der Waals surface area contributed by atoms with Crippen molar-refractivity contribution in [2.45, 2.75) is 36.6 Å². The van der Waals surface area contributed by atoms with Gasteiger partial charge in [0.1, 0.15) is 4.90 Å². The quantitative estimate of drug-likeness (QED) is 0.590. The van der Waals surface area contributed by atoms with Gasteiger partial charge in [0.05, 0.1) is 4.92 Å². The molecule has 26 heavy (non-hydrogen) atoms. The number of anilines is 1. The molecule has 8 heteroatoms. The lowest BCUT2D eigenvalue weighted by Gasteiger charge is -2.41. The zero-order valence-electron chi connectivity index (χ0n) is 15.0. The Bertz CT molecular complexity index is 818. The summed E-state index contributed by atoms with van der Waals surface area (Å²) in [6, 6.07) is 5.16. The van der Waals surface area contributed by atoms with Crippen LogP contribution in [0.25, 0.3) is 0 Å². The van der Waals surface area contributed by atoms with Crippen LogP contribution in [0.4, 0.5) is 11.4 Å². The zero-order valence-corrected chi connectivity index (χ0v) is 15.8. The molecule has 1 saturated heterocycles. The summed E-state index contributed by atoms with van der Waals surface area (Å²) in [4.78, 5) is 15.0. The zero-order chi connectivity index (χ0) is 18.5. The van der Waals surface area contributed by atoms with E-state index < -0.39 is 14.8 Å². The van der Waals surface area contributed by atoms with Gasteiger partial charge >= 0.3 is 0 Å².